The lowest BCUT2D eigenvalue weighted by Gasteiger charge is -2.18. The molecule has 0 unspecified atom stereocenters. The molecule has 0 bridgehead atoms. The first-order valence-electron chi connectivity index (χ1n) is 8.32. The van der Waals surface area contributed by atoms with E-state index in [0.717, 1.165) is 12.1 Å². The number of alkyl halides is 3. The number of rotatable bonds is 8. The number of nitrogens with one attached hydrogen (secondary N) is 1. The van der Waals surface area contributed by atoms with E-state index in [2.05, 4.69) is 15.5 Å². The van der Waals surface area contributed by atoms with Crippen molar-refractivity contribution < 1.29 is 22.7 Å². The van der Waals surface area contributed by atoms with E-state index in [0.29, 0.717) is 31.0 Å². The predicted octanol–water partition coefficient (Wildman–Crippen LogP) is 2.33. The number of amides is 2. The van der Waals surface area contributed by atoms with Crippen molar-refractivity contribution in [3.05, 3.63) is 47.5 Å². The summed E-state index contributed by atoms with van der Waals surface area (Å²) in [4.78, 5) is 13.6. The van der Waals surface area contributed by atoms with Gasteiger partial charge in [-0.25, -0.2) is 4.79 Å². The zero-order valence-electron chi connectivity index (χ0n) is 15.2. The van der Waals surface area contributed by atoms with Gasteiger partial charge in [-0.2, -0.15) is 13.2 Å². The second kappa shape index (κ2) is 9.36. The van der Waals surface area contributed by atoms with Gasteiger partial charge in [-0.05, 0) is 18.1 Å². The molecule has 0 aliphatic rings. The Hall–Kier alpha value is -2.62. The van der Waals surface area contributed by atoms with Crippen LogP contribution in [-0.2, 0) is 30.4 Å². The standard InChI is InChI=1S/C17H22F3N5O2/c1-24(11-15-23-22-12-25(15)8-9-27-2)16(26)21-7-6-13-4-3-5-14(10-13)17(18,19)20/h3-5,10,12H,6-9,11H2,1-2H3,(H,21,26). The van der Waals surface area contributed by atoms with Crippen LogP contribution in [0.2, 0.25) is 0 Å². The average molecular weight is 385 g/mol. The molecule has 0 saturated heterocycles. The predicted molar refractivity (Wildman–Crippen MR) is 91.9 cm³/mol. The van der Waals surface area contributed by atoms with Gasteiger partial charge in [-0.1, -0.05) is 18.2 Å². The second-order valence-corrected chi connectivity index (χ2v) is 5.97. The van der Waals surface area contributed by atoms with Crippen molar-refractivity contribution >= 4 is 6.03 Å². The smallest absolute Gasteiger partial charge is 0.383 e. The van der Waals surface area contributed by atoms with Crippen molar-refractivity contribution in [2.75, 3.05) is 27.3 Å². The van der Waals surface area contributed by atoms with Gasteiger partial charge < -0.3 is 19.5 Å². The van der Waals surface area contributed by atoms with Crippen LogP contribution >= 0.6 is 0 Å². The van der Waals surface area contributed by atoms with E-state index in [1.54, 1.807) is 31.1 Å². The Morgan fingerprint density at radius 3 is 2.85 bits per heavy atom. The molecule has 2 amide bonds. The summed E-state index contributed by atoms with van der Waals surface area (Å²) in [7, 11) is 3.20. The number of aromatic nitrogens is 3. The highest BCUT2D eigenvalue weighted by atomic mass is 19.4. The van der Waals surface area contributed by atoms with Crippen LogP contribution in [0.25, 0.3) is 0 Å². The molecule has 7 nitrogen and oxygen atoms in total. The van der Waals surface area contributed by atoms with Gasteiger partial charge in [0, 0.05) is 27.2 Å². The van der Waals surface area contributed by atoms with Gasteiger partial charge in [-0.15, -0.1) is 10.2 Å². The minimum atomic E-state index is -4.38. The molecule has 1 aromatic heterocycles. The van der Waals surface area contributed by atoms with E-state index in [1.807, 2.05) is 0 Å². The maximum atomic E-state index is 12.7. The van der Waals surface area contributed by atoms with Crippen LogP contribution in [0.3, 0.4) is 0 Å². The van der Waals surface area contributed by atoms with Crippen LogP contribution in [0.15, 0.2) is 30.6 Å². The van der Waals surface area contributed by atoms with E-state index in [1.165, 1.54) is 11.0 Å². The zero-order valence-corrected chi connectivity index (χ0v) is 15.2. The highest BCUT2D eigenvalue weighted by Crippen LogP contribution is 2.29. The highest BCUT2D eigenvalue weighted by molar-refractivity contribution is 5.73. The molecule has 0 atom stereocenters. The van der Waals surface area contributed by atoms with Crippen molar-refractivity contribution in [3.63, 3.8) is 0 Å². The monoisotopic (exact) mass is 385 g/mol. The second-order valence-electron chi connectivity index (χ2n) is 5.97. The van der Waals surface area contributed by atoms with Crippen molar-refractivity contribution in [3.8, 4) is 0 Å². The molecule has 27 heavy (non-hydrogen) atoms. The number of urea groups is 1. The quantitative estimate of drug-likeness (QED) is 0.757. The molecule has 0 spiro atoms. The molecule has 148 valence electrons. The molecule has 0 aliphatic carbocycles. The Labute approximate surface area is 155 Å². The van der Waals surface area contributed by atoms with Crippen LogP contribution in [0.1, 0.15) is 17.0 Å². The van der Waals surface area contributed by atoms with E-state index in [-0.39, 0.29) is 19.1 Å². The number of methoxy groups -OCH3 is 1. The summed E-state index contributed by atoms with van der Waals surface area (Å²) in [5.74, 6) is 0.613. The van der Waals surface area contributed by atoms with Gasteiger partial charge in [0.25, 0.3) is 0 Å². The molecule has 1 aromatic carbocycles. The van der Waals surface area contributed by atoms with Crippen LogP contribution in [-0.4, -0.2) is 53.0 Å². The Morgan fingerprint density at radius 2 is 2.15 bits per heavy atom. The first-order chi connectivity index (χ1) is 12.8. The van der Waals surface area contributed by atoms with E-state index in [9.17, 15) is 18.0 Å². The fraction of sp³-hybridized carbons (Fsp3) is 0.471. The molecule has 10 heteroatoms. The average Bonchev–Trinajstić information content (AvgIpc) is 3.06. The summed E-state index contributed by atoms with van der Waals surface area (Å²) in [6.45, 7) is 1.54. The van der Waals surface area contributed by atoms with Gasteiger partial charge in [0.2, 0.25) is 0 Å². The van der Waals surface area contributed by atoms with Crippen molar-refractivity contribution in [1.82, 2.24) is 25.0 Å². The van der Waals surface area contributed by atoms with Crippen molar-refractivity contribution in [1.29, 1.82) is 0 Å². The Kier molecular flexibility index (Phi) is 7.17. The van der Waals surface area contributed by atoms with E-state index >= 15 is 0 Å². The van der Waals surface area contributed by atoms with Crippen molar-refractivity contribution in [2.45, 2.75) is 25.7 Å². The van der Waals surface area contributed by atoms with Gasteiger partial charge >= 0.3 is 12.2 Å². The molecule has 0 fully saturated rings. The first kappa shape index (κ1) is 20.7. The number of carbonyl (C=O) groups is 1. The molecule has 0 aliphatic heterocycles. The van der Waals surface area contributed by atoms with Crippen LogP contribution in [0, 0.1) is 0 Å². The molecular weight excluding hydrogens is 363 g/mol. The molecule has 2 aromatic rings. The lowest BCUT2D eigenvalue weighted by atomic mass is 10.1. The van der Waals surface area contributed by atoms with E-state index < -0.39 is 11.7 Å². The maximum absolute atomic E-state index is 12.7. The lowest BCUT2D eigenvalue weighted by Crippen LogP contribution is -2.38. The van der Waals surface area contributed by atoms with Crippen molar-refractivity contribution in [2.24, 2.45) is 0 Å². The number of carbonyl (C=O) groups excluding carboxylic acids is 1. The Morgan fingerprint density at radius 1 is 1.37 bits per heavy atom. The number of hydrogen-bond acceptors (Lipinski definition) is 4. The number of benzene rings is 1. The summed E-state index contributed by atoms with van der Waals surface area (Å²) in [5, 5.41) is 10.5. The number of nitrogens with zero attached hydrogens (tertiary/aromatic N) is 4. The highest BCUT2D eigenvalue weighted by Gasteiger charge is 2.30. The third-order valence-corrected chi connectivity index (χ3v) is 3.90. The van der Waals surface area contributed by atoms with Crippen LogP contribution in [0.5, 0.6) is 0 Å². The molecule has 1 N–H and O–H groups in total. The molecule has 2 rings (SSSR count). The topological polar surface area (TPSA) is 72.3 Å². The first-order valence-corrected chi connectivity index (χ1v) is 8.32. The molecule has 0 saturated carbocycles. The summed E-state index contributed by atoms with van der Waals surface area (Å²) in [5.41, 5.74) is -0.189. The summed E-state index contributed by atoms with van der Waals surface area (Å²) >= 11 is 0. The SMILES string of the molecule is COCCn1cnnc1CN(C)C(=O)NCCc1cccc(C(F)(F)F)c1. The third kappa shape index (κ3) is 6.24. The fourth-order valence-corrected chi connectivity index (χ4v) is 2.41. The van der Waals surface area contributed by atoms with Gasteiger partial charge in [0.15, 0.2) is 5.82 Å². The Bertz CT molecular complexity index is 748. The number of ether oxygens (including phenoxy) is 1. The fourth-order valence-electron chi connectivity index (χ4n) is 2.41. The Balaban J connectivity index is 1.83. The number of hydrogen-bond donors (Lipinski definition) is 1. The van der Waals surface area contributed by atoms with Gasteiger partial charge in [0.1, 0.15) is 6.33 Å². The minimum absolute atomic E-state index is 0.223. The summed E-state index contributed by atoms with van der Waals surface area (Å²) in [6.07, 6.45) is -2.51. The largest absolute Gasteiger partial charge is 0.416 e. The molecular formula is C17H22F3N5O2. The maximum Gasteiger partial charge on any atom is 0.416 e. The van der Waals surface area contributed by atoms with Crippen LogP contribution < -0.4 is 5.32 Å². The van der Waals surface area contributed by atoms with Crippen LogP contribution in [0.4, 0.5) is 18.0 Å². The normalized spacial score (nSPS) is 11.4. The lowest BCUT2D eigenvalue weighted by molar-refractivity contribution is -0.137. The molecule has 1 heterocycles. The van der Waals surface area contributed by atoms with Gasteiger partial charge in [-0.3, -0.25) is 0 Å². The third-order valence-electron chi connectivity index (χ3n) is 3.90. The molecule has 0 radical (unpaired) electrons. The summed E-state index contributed by atoms with van der Waals surface area (Å²) in [6, 6.07) is 4.73. The minimum Gasteiger partial charge on any atom is -0.383 e. The van der Waals surface area contributed by atoms with E-state index in [4.69, 9.17) is 4.74 Å². The summed E-state index contributed by atoms with van der Waals surface area (Å²) < 4.78 is 44.9. The van der Waals surface area contributed by atoms with Gasteiger partial charge in [0.05, 0.1) is 18.7 Å². The zero-order chi connectivity index (χ0) is 19.9. The number of halogens is 3.